The van der Waals surface area contributed by atoms with Gasteiger partial charge in [-0.1, -0.05) is 60.7 Å². The Balaban J connectivity index is 1.78. The van der Waals surface area contributed by atoms with Gasteiger partial charge in [-0.2, -0.15) is 13.2 Å². The van der Waals surface area contributed by atoms with Crippen LogP contribution in [0.25, 0.3) is 0 Å². The second kappa shape index (κ2) is 7.82. The van der Waals surface area contributed by atoms with Gasteiger partial charge in [0, 0.05) is 6.42 Å². The molecular weight excluding hydrogens is 359 g/mol. The van der Waals surface area contributed by atoms with E-state index in [0.29, 0.717) is 6.42 Å². The molecule has 0 spiro atoms. The maximum Gasteiger partial charge on any atom is 0.416 e. The lowest BCUT2D eigenvalue weighted by molar-refractivity contribution is -0.160. The highest BCUT2D eigenvalue weighted by atomic mass is 19.4. The fourth-order valence-corrected chi connectivity index (χ4v) is 3.18. The van der Waals surface area contributed by atoms with Crippen LogP contribution < -0.4 is 0 Å². The standard InChI is InChI=1S/C20H18F3NO3/c21-20(22,23)17(15-9-5-2-6-10-15)12-18(25)24-16(13-27-19(24)26)11-14-7-3-1-4-8-14/h1-10,16-17H,11-13H2/t16-,17-/m0/s1. The highest BCUT2D eigenvalue weighted by Crippen LogP contribution is 2.38. The van der Waals surface area contributed by atoms with Crippen molar-refractivity contribution < 1.29 is 27.5 Å². The molecule has 2 aromatic rings. The highest BCUT2D eigenvalue weighted by Gasteiger charge is 2.45. The molecule has 2 aromatic carbocycles. The Labute approximate surface area is 154 Å². The fourth-order valence-electron chi connectivity index (χ4n) is 3.18. The zero-order valence-electron chi connectivity index (χ0n) is 14.4. The molecule has 1 aliphatic heterocycles. The lowest BCUT2D eigenvalue weighted by Crippen LogP contribution is -2.41. The second-order valence-corrected chi connectivity index (χ2v) is 6.39. The van der Waals surface area contributed by atoms with Crippen molar-refractivity contribution in [3.8, 4) is 0 Å². The van der Waals surface area contributed by atoms with Gasteiger partial charge in [-0.15, -0.1) is 0 Å². The summed E-state index contributed by atoms with van der Waals surface area (Å²) in [5.41, 5.74) is 0.861. The first-order chi connectivity index (χ1) is 12.9. The molecule has 0 N–H and O–H groups in total. The number of rotatable bonds is 5. The van der Waals surface area contributed by atoms with Crippen molar-refractivity contribution >= 4 is 12.0 Å². The molecule has 1 heterocycles. The summed E-state index contributed by atoms with van der Waals surface area (Å²) in [5, 5.41) is 0. The van der Waals surface area contributed by atoms with Crippen LogP contribution in [0.2, 0.25) is 0 Å². The molecule has 1 fully saturated rings. The normalized spacial score (nSPS) is 18.3. The molecular formula is C20H18F3NO3. The van der Waals surface area contributed by atoms with Gasteiger partial charge in [-0.25, -0.2) is 9.69 Å². The fraction of sp³-hybridized carbons (Fsp3) is 0.300. The minimum Gasteiger partial charge on any atom is -0.447 e. The van der Waals surface area contributed by atoms with Crippen LogP contribution in [0.3, 0.4) is 0 Å². The van der Waals surface area contributed by atoms with Gasteiger partial charge in [-0.3, -0.25) is 4.79 Å². The summed E-state index contributed by atoms with van der Waals surface area (Å²) in [4.78, 5) is 25.4. The van der Waals surface area contributed by atoms with Gasteiger partial charge in [0.2, 0.25) is 5.91 Å². The quantitative estimate of drug-likeness (QED) is 0.780. The summed E-state index contributed by atoms with van der Waals surface area (Å²) in [6.45, 7) is -0.0263. The Hall–Kier alpha value is -2.83. The van der Waals surface area contributed by atoms with Gasteiger partial charge in [0.15, 0.2) is 0 Å². The van der Waals surface area contributed by atoms with Gasteiger partial charge in [0.25, 0.3) is 0 Å². The number of imide groups is 1. The summed E-state index contributed by atoms with van der Waals surface area (Å²) in [6, 6.07) is 15.7. The minimum absolute atomic E-state index is 0.00877. The largest absolute Gasteiger partial charge is 0.447 e. The third-order valence-corrected chi connectivity index (χ3v) is 4.52. The van der Waals surface area contributed by atoms with Crippen LogP contribution in [0.4, 0.5) is 18.0 Å². The topological polar surface area (TPSA) is 46.6 Å². The first-order valence-electron chi connectivity index (χ1n) is 8.50. The third kappa shape index (κ3) is 4.48. The van der Waals surface area contributed by atoms with Crippen LogP contribution in [-0.4, -0.2) is 35.7 Å². The van der Waals surface area contributed by atoms with Gasteiger partial charge in [0.05, 0.1) is 12.0 Å². The number of amides is 2. The number of alkyl halides is 3. The van der Waals surface area contributed by atoms with Crippen molar-refractivity contribution in [2.24, 2.45) is 0 Å². The Kier molecular flexibility index (Phi) is 5.48. The Morgan fingerprint density at radius 1 is 1.07 bits per heavy atom. The number of nitrogens with zero attached hydrogens (tertiary/aromatic N) is 1. The van der Waals surface area contributed by atoms with E-state index >= 15 is 0 Å². The molecule has 0 aromatic heterocycles. The minimum atomic E-state index is -4.60. The molecule has 2 amide bonds. The van der Waals surface area contributed by atoms with Gasteiger partial charge in [-0.05, 0) is 17.5 Å². The van der Waals surface area contributed by atoms with E-state index < -0.39 is 36.6 Å². The van der Waals surface area contributed by atoms with E-state index in [1.54, 1.807) is 6.07 Å². The molecule has 4 nitrogen and oxygen atoms in total. The Bertz CT molecular complexity index is 793. The van der Waals surface area contributed by atoms with Gasteiger partial charge in [0.1, 0.15) is 6.61 Å². The molecule has 0 unspecified atom stereocenters. The molecule has 2 atom stereocenters. The number of halogens is 3. The SMILES string of the molecule is O=C(C[C@@H](c1ccccc1)C(F)(F)F)N1C(=O)OC[C@@H]1Cc1ccccc1. The van der Waals surface area contributed by atoms with Crippen molar-refractivity contribution in [3.63, 3.8) is 0 Å². The van der Waals surface area contributed by atoms with Crippen LogP contribution in [0.5, 0.6) is 0 Å². The lowest BCUT2D eigenvalue weighted by atomic mass is 9.94. The average Bonchev–Trinajstić information content (AvgIpc) is 3.00. The summed E-state index contributed by atoms with van der Waals surface area (Å²) >= 11 is 0. The summed E-state index contributed by atoms with van der Waals surface area (Å²) < 4.78 is 45.5. The molecule has 142 valence electrons. The number of carbonyl (C=O) groups excluding carboxylic acids is 2. The van der Waals surface area contributed by atoms with Gasteiger partial charge < -0.3 is 4.74 Å². The molecule has 0 bridgehead atoms. The number of ether oxygens (including phenoxy) is 1. The predicted molar refractivity (Wildman–Crippen MR) is 92.0 cm³/mol. The summed E-state index contributed by atoms with van der Waals surface area (Å²) in [7, 11) is 0. The van der Waals surface area contributed by atoms with Crippen molar-refractivity contribution in [2.45, 2.75) is 31.0 Å². The number of cyclic esters (lactones) is 1. The molecule has 0 saturated carbocycles. The van der Waals surface area contributed by atoms with E-state index in [1.165, 1.54) is 24.3 Å². The molecule has 27 heavy (non-hydrogen) atoms. The molecule has 3 rings (SSSR count). The molecule has 1 saturated heterocycles. The van der Waals surface area contributed by atoms with Crippen LogP contribution in [0.15, 0.2) is 60.7 Å². The van der Waals surface area contributed by atoms with Crippen molar-refractivity contribution in [1.29, 1.82) is 0 Å². The summed E-state index contributed by atoms with van der Waals surface area (Å²) in [5.74, 6) is -2.86. The van der Waals surface area contributed by atoms with Crippen molar-refractivity contribution in [2.75, 3.05) is 6.61 Å². The number of carbonyl (C=O) groups is 2. The Morgan fingerprint density at radius 3 is 2.26 bits per heavy atom. The zero-order chi connectivity index (χ0) is 19.4. The van der Waals surface area contributed by atoms with Crippen LogP contribution in [0.1, 0.15) is 23.5 Å². The van der Waals surface area contributed by atoms with E-state index in [-0.39, 0.29) is 12.2 Å². The average molecular weight is 377 g/mol. The van der Waals surface area contributed by atoms with Crippen LogP contribution in [0, 0.1) is 0 Å². The number of hydrogen-bond donors (Lipinski definition) is 0. The van der Waals surface area contributed by atoms with Crippen LogP contribution in [-0.2, 0) is 16.0 Å². The maximum absolute atomic E-state index is 13.5. The molecule has 0 aliphatic carbocycles. The first-order valence-corrected chi connectivity index (χ1v) is 8.50. The van der Waals surface area contributed by atoms with Crippen molar-refractivity contribution in [3.05, 3.63) is 71.8 Å². The molecule has 0 radical (unpaired) electrons. The van der Waals surface area contributed by atoms with E-state index in [4.69, 9.17) is 4.74 Å². The van der Waals surface area contributed by atoms with E-state index in [9.17, 15) is 22.8 Å². The van der Waals surface area contributed by atoms with E-state index in [0.717, 1.165) is 10.5 Å². The Morgan fingerprint density at radius 2 is 1.67 bits per heavy atom. The summed E-state index contributed by atoms with van der Waals surface area (Å²) in [6.07, 6.45) is -6.00. The van der Waals surface area contributed by atoms with Gasteiger partial charge >= 0.3 is 12.3 Å². The first kappa shape index (κ1) is 18.9. The van der Waals surface area contributed by atoms with Crippen LogP contribution >= 0.6 is 0 Å². The highest BCUT2D eigenvalue weighted by molar-refractivity contribution is 5.94. The second-order valence-electron chi connectivity index (χ2n) is 6.39. The van der Waals surface area contributed by atoms with E-state index in [1.807, 2.05) is 30.3 Å². The predicted octanol–water partition coefficient (Wildman–Crippen LogP) is 4.31. The zero-order valence-corrected chi connectivity index (χ0v) is 14.4. The number of hydrogen-bond acceptors (Lipinski definition) is 3. The smallest absolute Gasteiger partial charge is 0.416 e. The lowest BCUT2D eigenvalue weighted by Gasteiger charge is -2.24. The molecule has 1 aliphatic rings. The van der Waals surface area contributed by atoms with E-state index in [2.05, 4.69) is 0 Å². The van der Waals surface area contributed by atoms with Crippen molar-refractivity contribution in [1.82, 2.24) is 4.90 Å². The maximum atomic E-state index is 13.5. The molecule has 7 heteroatoms. The number of benzene rings is 2. The monoisotopic (exact) mass is 377 g/mol. The third-order valence-electron chi connectivity index (χ3n) is 4.52.